The van der Waals surface area contributed by atoms with Crippen molar-refractivity contribution in [3.63, 3.8) is 0 Å². The van der Waals surface area contributed by atoms with Gasteiger partial charge in [-0.1, -0.05) is 30.3 Å². The molecule has 2 amide bonds. The zero-order chi connectivity index (χ0) is 24.4. The lowest BCUT2D eigenvalue weighted by Crippen LogP contribution is -2.48. The van der Waals surface area contributed by atoms with Gasteiger partial charge in [0, 0.05) is 6.54 Å². The highest BCUT2D eigenvalue weighted by molar-refractivity contribution is 5.85. The number of nitrogens with two attached hydrogens (primary N) is 1. The lowest BCUT2D eigenvalue weighted by molar-refractivity contribution is -0.123. The summed E-state index contributed by atoms with van der Waals surface area (Å²) in [5.41, 5.74) is 5.98. The first-order valence-corrected chi connectivity index (χ1v) is 12.2. The van der Waals surface area contributed by atoms with Crippen LogP contribution < -0.4 is 27.0 Å². The van der Waals surface area contributed by atoms with Crippen molar-refractivity contribution in [3.05, 3.63) is 35.9 Å². The number of ether oxygens (including phenoxy) is 1. The van der Waals surface area contributed by atoms with E-state index in [4.69, 9.17) is 10.5 Å². The third-order valence-corrected chi connectivity index (χ3v) is 4.92. The van der Waals surface area contributed by atoms with Crippen molar-refractivity contribution in [2.45, 2.75) is 70.9 Å². The lowest BCUT2D eigenvalue weighted by Gasteiger charge is -2.23. The first-order chi connectivity index (χ1) is 15.8. The number of hydrogen-bond donors (Lipinski definition) is 5. The molecule has 1 aromatic rings. The monoisotopic (exact) mass is 463 g/mol. The van der Waals surface area contributed by atoms with Gasteiger partial charge in [-0.05, 0) is 97.6 Å². The zero-order valence-electron chi connectivity index (χ0n) is 20.8. The van der Waals surface area contributed by atoms with E-state index in [0.717, 1.165) is 64.0 Å². The largest absolute Gasteiger partial charge is 0.444 e. The Morgan fingerprint density at radius 3 is 2.12 bits per heavy atom. The maximum absolute atomic E-state index is 12.7. The number of rotatable bonds is 17. The van der Waals surface area contributed by atoms with Crippen LogP contribution in [-0.4, -0.2) is 62.9 Å². The molecule has 0 heterocycles. The number of hydrogen-bond acceptors (Lipinski definition) is 6. The van der Waals surface area contributed by atoms with Gasteiger partial charge in [-0.25, -0.2) is 4.79 Å². The number of carbonyl (C=O) groups is 2. The van der Waals surface area contributed by atoms with Gasteiger partial charge in [-0.3, -0.25) is 4.79 Å². The van der Waals surface area contributed by atoms with Crippen LogP contribution in [0.15, 0.2) is 30.3 Å². The van der Waals surface area contributed by atoms with Crippen molar-refractivity contribution in [1.29, 1.82) is 0 Å². The van der Waals surface area contributed by atoms with Crippen LogP contribution >= 0.6 is 0 Å². The van der Waals surface area contributed by atoms with E-state index in [1.54, 1.807) is 20.8 Å². The van der Waals surface area contributed by atoms with Crippen molar-refractivity contribution >= 4 is 12.0 Å². The summed E-state index contributed by atoms with van der Waals surface area (Å²) >= 11 is 0. The Labute approximate surface area is 199 Å². The molecule has 1 rings (SSSR count). The second kappa shape index (κ2) is 17.3. The molecule has 0 unspecified atom stereocenters. The molecule has 33 heavy (non-hydrogen) atoms. The summed E-state index contributed by atoms with van der Waals surface area (Å²) < 4.78 is 5.34. The van der Waals surface area contributed by atoms with E-state index in [1.165, 1.54) is 0 Å². The molecular formula is C25H45N5O3. The molecule has 0 radical (unpaired) electrons. The molecule has 1 aromatic carbocycles. The Bertz CT molecular complexity index is 649. The smallest absolute Gasteiger partial charge is 0.408 e. The standard InChI is InChI=1S/C25H45N5O3/c1-25(2,3)33-24(32)30-22(14-13-21-11-5-4-6-12-21)23(31)29-20-10-19-28-17-8-7-16-27-18-9-15-26/h4-6,11-12,22,27-28H,7-10,13-20,26H2,1-3H3,(H,29,31)(H,30,32)/t22-/m0/s1. The van der Waals surface area contributed by atoms with Crippen molar-refractivity contribution < 1.29 is 14.3 Å². The molecule has 1 atom stereocenters. The molecule has 0 aliphatic carbocycles. The minimum atomic E-state index is -0.639. The highest BCUT2D eigenvalue weighted by Gasteiger charge is 2.24. The molecule has 0 spiro atoms. The minimum absolute atomic E-state index is 0.180. The molecule has 0 aliphatic rings. The molecule has 6 N–H and O–H groups in total. The Hall–Kier alpha value is -2.16. The van der Waals surface area contributed by atoms with E-state index in [2.05, 4.69) is 21.3 Å². The fourth-order valence-electron chi connectivity index (χ4n) is 3.20. The molecule has 0 fully saturated rings. The Kier molecular flexibility index (Phi) is 15.2. The second-order valence-electron chi connectivity index (χ2n) is 9.22. The summed E-state index contributed by atoms with van der Waals surface area (Å²) in [7, 11) is 0. The van der Waals surface area contributed by atoms with Crippen molar-refractivity contribution in [1.82, 2.24) is 21.3 Å². The van der Waals surface area contributed by atoms with Gasteiger partial charge in [0.05, 0.1) is 0 Å². The third-order valence-electron chi connectivity index (χ3n) is 4.92. The molecular weight excluding hydrogens is 418 g/mol. The van der Waals surface area contributed by atoms with Gasteiger partial charge in [0.15, 0.2) is 0 Å². The summed E-state index contributed by atoms with van der Waals surface area (Å²) in [5, 5.41) is 12.5. The average Bonchev–Trinajstić information content (AvgIpc) is 2.76. The molecule has 188 valence electrons. The Balaban J connectivity index is 2.29. The number of nitrogens with one attached hydrogen (secondary N) is 4. The molecule has 0 saturated carbocycles. The van der Waals surface area contributed by atoms with E-state index in [0.29, 0.717) is 19.4 Å². The number of aryl methyl sites for hydroxylation is 1. The first-order valence-electron chi connectivity index (χ1n) is 12.2. The molecule has 0 aliphatic heterocycles. The maximum atomic E-state index is 12.7. The fourth-order valence-corrected chi connectivity index (χ4v) is 3.20. The van der Waals surface area contributed by atoms with E-state index in [1.807, 2.05) is 30.3 Å². The van der Waals surface area contributed by atoms with Crippen LogP contribution in [-0.2, 0) is 16.0 Å². The van der Waals surface area contributed by atoms with Gasteiger partial charge in [0.25, 0.3) is 0 Å². The van der Waals surface area contributed by atoms with E-state index in [-0.39, 0.29) is 5.91 Å². The van der Waals surface area contributed by atoms with Crippen LogP contribution in [0.3, 0.4) is 0 Å². The first kappa shape index (κ1) is 28.9. The quantitative estimate of drug-likeness (QED) is 0.226. The number of benzene rings is 1. The van der Waals surface area contributed by atoms with E-state index in [9.17, 15) is 9.59 Å². The molecule has 8 heteroatoms. The van der Waals surface area contributed by atoms with E-state index >= 15 is 0 Å². The molecule has 0 saturated heterocycles. The summed E-state index contributed by atoms with van der Waals surface area (Å²) in [6, 6.07) is 9.30. The number of carbonyl (C=O) groups excluding carboxylic acids is 2. The van der Waals surface area contributed by atoms with Crippen LogP contribution in [0.4, 0.5) is 4.79 Å². The zero-order valence-corrected chi connectivity index (χ0v) is 20.8. The number of unbranched alkanes of at least 4 members (excludes halogenated alkanes) is 1. The summed E-state index contributed by atoms with van der Waals surface area (Å²) in [5.74, 6) is -0.180. The van der Waals surface area contributed by atoms with Crippen LogP contribution in [0.2, 0.25) is 0 Å². The summed E-state index contributed by atoms with van der Waals surface area (Å²) in [4.78, 5) is 25.0. The van der Waals surface area contributed by atoms with Gasteiger partial charge in [-0.15, -0.1) is 0 Å². The van der Waals surface area contributed by atoms with Crippen molar-refractivity contribution in [3.8, 4) is 0 Å². The van der Waals surface area contributed by atoms with Crippen LogP contribution in [0.25, 0.3) is 0 Å². The average molecular weight is 464 g/mol. The Morgan fingerprint density at radius 2 is 1.52 bits per heavy atom. The third kappa shape index (κ3) is 16.2. The summed E-state index contributed by atoms with van der Waals surface area (Å²) in [6.45, 7) is 10.5. The lowest BCUT2D eigenvalue weighted by atomic mass is 10.0. The van der Waals surface area contributed by atoms with Crippen LogP contribution in [0.1, 0.15) is 58.4 Å². The van der Waals surface area contributed by atoms with Gasteiger partial charge in [0.2, 0.25) is 5.91 Å². The topological polar surface area (TPSA) is 118 Å². The van der Waals surface area contributed by atoms with Gasteiger partial charge < -0.3 is 31.7 Å². The number of amides is 2. The summed E-state index contributed by atoms with van der Waals surface area (Å²) in [6.07, 6.45) is 4.72. The SMILES string of the molecule is CC(C)(C)OC(=O)N[C@@H](CCc1ccccc1)C(=O)NCCCNCCCCNCCCN. The minimum Gasteiger partial charge on any atom is -0.444 e. The predicted octanol–water partition coefficient (Wildman–Crippen LogP) is 2.33. The van der Waals surface area contributed by atoms with Gasteiger partial charge in [-0.2, -0.15) is 0 Å². The van der Waals surface area contributed by atoms with Gasteiger partial charge >= 0.3 is 6.09 Å². The second-order valence-corrected chi connectivity index (χ2v) is 9.22. The fraction of sp³-hybridized carbons (Fsp3) is 0.680. The van der Waals surface area contributed by atoms with Crippen molar-refractivity contribution in [2.75, 3.05) is 39.3 Å². The van der Waals surface area contributed by atoms with Crippen molar-refractivity contribution in [2.24, 2.45) is 5.73 Å². The molecule has 0 aromatic heterocycles. The predicted molar refractivity (Wildman–Crippen MR) is 134 cm³/mol. The maximum Gasteiger partial charge on any atom is 0.408 e. The number of alkyl carbamates (subject to hydrolysis) is 1. The Morgan fingerprint density at radius 1 is 0.909 bits per heavy atom. The van der Waals surface area contributed by atoms with E-state index < -0.39 is 17.7 Å². The highest BCUT2D eigenvalue weighted by atomic mass is 16.6. The van der Waals surface area contributed by atoms with Crippen LogP contribution in [0.5, 0.6) is 0 Å². The van der Waals surface area contributed by atoms with Gasteiger partial charge in [0.1, 0.15) is 11.6 Å². The van der Waals surface area contributed by atoms with Crippen LogP contribution in [0, 0.1) is 0 Å². The normalized spacial score (nSPS) is 12.2. The molecule has 8 nitrogen and oxygen atoms in total. The molecule has 0 bridgehead atoms. The highest BCUT2D eigenvalue weighted by Crippen LogP contribution is 2.09.